The number of sulfonamides is 1. The van der Waals surface area contributed by atoms with Crippen molar-refractivity contribution in [2.24, 2.45) is 0 Å². The molecule has 2 amide bonds. The van der Waals surface area contributed by atoms with Crippen LogP contribution in [-0.2, 0) is 21.2 Å². The second-order valence-corrected chi connectivity index (χ2v) is 9.44. The molecule has 3 aromatic carbocycles. The molecule has 0 spiro atoms. The number of fused-ring (bicyclic) bond motifs is 1. The Morgan fingerprint density at radius 3 is 2.34 bits per heavy atom. The van der Waals surface area contributed by atoms with E-state index in [1.54, 1.807) is 24.3 Å². The Labute approximate surface area is 203 Å². The lowest BCUT2D eigenvalue weighted by atomic mass is 10.1. The molecule has 1 aliphatic heterocycles. The van der Waals surface area contributed by atoms with Crippen molar-refractivity contribution in [2.75, 3.05) is 31.0 Å². The molecular weight excluding hydrogens is 470 g/mol. The van der Waals surface area contributed by atoms with Gasteiger partial charge >= 0.3 is 0 Å². The van der Waals surface area contributed by atoms with Gasteiger partial charge in [0, 0.05) is 30.4 Å². The van der Waals surface area contributed by atoms with Gasteiger partial charge in [-0.1, -0.05) is 36.4 Å². The number of carbonyl (C=O) groups excluding carboxylic acids is 2. The largest absolute Gasteiger partial charge is 0.486 e. The van der Waals surface area contributed by atoms with Gasteiger partial charge in [0.25, 0.3) is 15.9 Å². The standard InChI is InChI=1S/C25H25N3O6S/c29-24(15-18-5-2-1-3-6-18)26-11-12-27-25(30)19-7-4-8-20(16-19)28-35(31,32)21-9-10-22-23(17-21)34-14-13-33-22/h1-10,16-17,28H,11-15H2,(H,26,29)(H,27,30). The summed E-state index contributed by atoms with van der Waals surface area (Å²) in [4.78, 5) is 24.5. The van der Waals surface area contributed by atoms with E-state index in [-0.39, 0.29) is 47.5 Å². The van der Waals surface area contributed by atoms with E-state index in [2.05, 4.69) is 15.4 Å². The summed E-state index contributed by atoms with van der Waals surface area (Å²) in [5.74, 6) is 0.330. The number of hydrogen-bond acceptors (Lipinski definition) is 6. The maximum Gasteiger partial charge on any atom is 0.262 e. The summed E-state index contributed by atoms with van der Waals surface area (Å²) in [6.07, 6.45) is 0.264. The summed E-state index contributed by atoms with van der Waals surface area (Å²) < 4.78 is 39.0. The van der Waals surface area contributed by atoms with Crippen molar-refractivity contribution < 1.29 is 27.5 Å². The van der Waals surface area contributed by atoms with Crippen LogP contribution in [0, 0.1) is 0 Å². The third-order valence-electron chi connectivity index (χ3n) is 5.14. The molecule has 0 saturated heterocycles. The fraction of sp³-hybridized carbons (Fsp3) is 0.200. The van der Waals surface area contributed by atoms with Gasteiger partial charge < -0.3 is 20.1 Å². The molecule has 0 aromatic heterocycles. The second kappa shape index (κ2) is 10.9. The van der Waals surface area contributed by atoms with Crippen LogP contribution in [0.1, 0.15) is 15.9 Å². The Bertz CT molecular complexity index is 1310. The maximum atomic E-state index is 12.8. The van der Waals surface area contributed by atoms with Crippen molar-refractivity contribution in [2.45, 2.75) is 11.3 Å². The summed E-state index contributed by atoms with van der Waals surface area (Å²) in [6.45, 7) is 1.25. The Balaban J connectivity index is 1.30. The molecule has 3 aromatic rings. The summed E-state index contributed by atoms with van der Waals surface area (Å²) in [5, 5.41) is 5.47. The van der Waals surface area contributed by atoms with E-state index >= 15 is 0 Å². The van der Waals surface area contributed by atoms with Gasteiger partial charge in [0.15, 0.2) is 11.5 Å². The molecule has 0 fully saturated rings. The zero-order chi connectivity index (χ0) is 24.7. The average molecular weight is 496 g/mol. The third-order valence-corrected chi connectivity index (χ3v) is 6.52. The normalized spacial score (nSPS) is 12.5. The van der Waals surface area contributed by atoms with Crippen LogP contribution in [-0.4, -0.2) is 46.5 Å². The number of rotatable bonds is 9. The number of amides is 2. The van der Waals surface area contributed by atoms with Gasteiger partial charge in [-0.15, -0.1) is 0 Å². The van der Waals surface area contributed by atoms with Crippen LogP contribution in [0.15, 0.2) is 77.7 Å². The van der Waals surface area contributed by atoms with Crippen molar-refractivity contribution in [3.63, 3.8) is 0 Å². The van der Waals surface area contributed by atoms with Gasteiger partial charge in [-0.2, -0.15) is 0 Å². The van der Waals surface area contributed by atoms with Gasteiger partial charge in [-0.05, 0) is 35.9 Å². The predicted molar refractivity (Wildman–Crippen MR) is 130 cm³/mol. The molecule has 1 heterocycles. The molecule has 3 N–H and O–H groups in total. The van der Waals surface area contributed by atoms with Crippen LogP contribution in [0.4, 0.5) is 5.69 Å². The van der Waals surface area contributed by atoms with Crippen LogP contribution in [0.2, 0.25) is 0 Å². The lowest BCUT2D eigenvalue weighted by Gasteiger charge is -2.19. The fourth-order valence-electron chi connectivity index (χ4n) is 3.45. The fourth-order valence-corrected chi connectivity index (χ4v) is 4.52. The summed E-state index contributed by atoms with van der Waals surface area (Å²) in [6, 6.07) is 19.9. The minimum absolute atomic E-state index is 0.0165. The molecule has 9 nitrogen and oxygen atoms in total. The van der Waals surface area contributed by atoms with Crippen molar-refractivity contribution in [3.8, 4) is 11.5 Å². The number of nitrogens with one attached hydrogen (secondary N) is 3. The first kappa shape index (κ1) is 24.1. The number of anilines is 1. The minimum atomic E-state index is -3.91. The first-order valence-electron chi connectivity index (χ1n) is 11.0. The van der Waals surface area contributed by atoms with Crippen LogP contribution in [0.25, 0.3) is 0 Å². The van der Waals surface area contributed by atoms with E-state index in [9.17, 15) is 18.0 Å². The van der Waals surface area contributed by atoms with E-state index in [4.69, 9.17) is 9.47 Å². The molecule has 35 heavy (non-hydrogen) atoms. The molecule has 0 bridgehead atoms. The van der Waals surface area contributed by atoms with E-state index in [1.807, 2.05) is 30.3 Å². The highest BCUT2D eigenvalue weighted by Gasteiger charge is 2.20. The Morgan fingerprint density at radius 1 is 0.800 bits per heavy atom. The lowest BCUT2D eigenvalue weighted by Crippen LogP contribution is -2.35. The molecule has 0 saturated carbocycles. The highest BCUT2D eigenvalue weighted by Crippen LogP contribution is 2.32. The molecule has 0 unspecified atom stereocenters. The Kier molecular flexibility index (Phi) is 7.51. The van der Waals surface area contributed by atoms with E-state index < -0.39 is 10.0 Å². The highest BCUT2D eigenvalue weighted by atomic mass is 32.2. The monoisotopic (exact) mass is 495 g/mol. The van der Waals surface area contributed by atoms with Crippen LogP contribution >= 0.6 is 0 Å². The molecule has 4 rings (SSSR count). The molecular formula is C25H25N3O6S. The molecule has 0 atom stereocenters. The number of benzene rings is 3. The second-order valence-electron chi connectivity index (χ2n) is 7.76. The van der Waals surface area contributed by atoms with Gasteiger partial charge in [0.2, 0.25) is 5.91 Å². The van der Waals surface area contributed by atoms with Crippen molar-refractivity contribution in [3.05, 3.63) is 83.9 Å². The summed E-state index contributed by atoms with van der Waals surface area (Å²) in [5.41, 5.74) is 1.43. The minimum Gasteiger partial charge on any atom is -0.486 e. The highest BCUT2D eigenvalue weighted by molar-refractivity contribution is 7.92. The van der Waals surface area contributed by atoms with E-state index in [0.29, 0.717) is 24.7 Å². The topological polar surface area (TPSA) is 123 Å². The SMILES string of the molecule is O=C(Cc1ccccc1)NCCNC(=O)c1cccc(NS(=O)(=O)c2ccc3c(c2)OCCO3)c1. The smallest absolute Gasteiger partial charge is 0.262 e. The zero-order valence-electron chi connectivity index (χ0n) is 18.8. The average Bonchev–Trinajstić information content (AvgIpc) is 2.86. The first-order chi connectivity index (χ1) is 16.9. The van der Waals surface area contributed by atoms with Gasteiger partial charge in [0.05, 0.1) is 11.3 Å². The number of ether oxygens (including phenoxy) is 2. The molecule has 0 radical (unpaired) electrons. The van der Waals surface area contributed by atoms with Crippen molar-refractivity contribution in [1.29, 1.82) is 0 Å². The van der Waals surface area contributed by atoms with Crippen LogP contribution in [0.3, 0.4) is 0 Å². The molecule has 1 aliphatic rings. The van der Waals surface area contributed by atoms with Crippen LogP contribution in [0.5, 0.6) is 11.5 Å². The summed E-state index contributed by atoms with van der Waals surface area (Å²) in [7, 11) is -3.91. The summed E-state index contributed by atoms with van der Waals surface area (Å²) >= 11 is 0. The van der Waals surface area contributed by atoms with Gasteiger partial charge in [-0.3, -0.25) is 14.3 Å². The Hall–Kier alpha value is -4.05. The lowest BCUT2D eigenvalue weighted by molar-refractivity contribution is -0.120. The maximum absolute atomic E-state index is 12.8. The molecule has 10 heteroatoms. The zero-order valence-corrected chi connectivity index (χ0v) is 19.6. The Morgan fingerprint density at radius 2 is 1.54 bits per heavy atom. The quantitative estimate of drug-likeness (QED) is 0.392. The number of carbonyl (C=O) groups is 2. The van der Waals surface area contributed by atoms with Gasteiger partial charge in [0.1, 0.15) is 13.2 Å². The van der Waals surface area contributed by atoms with Gasteiger partial charge in [-0.25, -0.2) is 8.42 Å². The molecule has 0 aliphatic carbocycles. The number of hydrogen-bond donors (Lipinski definition) is 3. The van der Waals surface area contributed by atoms with Crippen LogP contribution < -0.4 is 24.8 Å². The first-order valence-corrected chi connectivity index (χ1v) is 12.5. The van der Waals surface area contributed by atoms with E-state index in [0.717, 1.165) is 5.56 Å². The third kappa shape index (κ3) is 6.51. The van der Waals surface area contributed by atoms with Crippen molar-refractivity contribution in [1.82, 2.24) is 10.6 Å². The van der Waals surface area contributed by atoms with E-state index in [1.165, 1.54) is 18.2 Å². The predicted octanol–water partition coefficient (Wildman–Crippen LogP) is 2.35. The molecule has 182 valence electrons. The van der Waals surface area contributed by atoms with Crippen molar-refractivity contribution >= 4 is 27.5 Å².